The first-order valence-corrected chi connectivity index (χ1v) is 8.12. The predicted molar refractivity (Wildman–Crippen MR) is 91.6 cm³/mol. The highest BCUT2D eigenvalue weighted by atomic mass is 16.5. The minimum absolute atomic E-state index is 0.121. The van der Waals surface area contributed by atoms with Crippen LogP contribution in [0.4, 0.5) is 0 Å². The molecule has 136 valence electrons. The Morgan fingerprint density at radius 2 is 1.96 bits per heavy atom. The highest BCUT2D eigenvalue weighted by Gasteiger charge is 2.36. The van der Waals surface area contributed by atoms with E-state index in [4.69, 9.17) is 4.42 Å². The van der Waals surface area contributed by atoms with Gasteiger partial charge in [-0.25, -0.2) is 4.79 Å². The van der Waals surface area contributed by atoms with Crippen LogP contribution in [-0.4, -0.2) is 60.4 Å². The van der Waals surface area contributed by atoms with E-state index in [-0.39, 0.29) is 31.1 Å². The maximum atomic E-state index is 12.8. The van der Waals surface area contributed by atoms with Crippen molar-refractivity contribution in [3.05, 3.63) is 46.3 Å². The summed E-state index contributed by atoms with van der Waals surface area (Å²) >= 11 is 0. The first-order valence-electron chi connectivity index (χ1n) is 8.12. The highest BCUT2D eigenvalue weighted by molar-refractivity contribution is 6.00. The Kier molecular flexibility index (Phi) is 4.75. The van der Waals surface area contributed by atoms with Gasteiger partial charge in [0.2, 0.25) is 5.91 Å². The zero-order valence-corrected chi connectivity index (χ0v) is 14.4. The van der Waals surface area contributed by atoms with E-state index in [9.17, 15) is 19.2 Å². The summed E-state index contributed by atoms with van der Waals surface area (Å²) in [7, 11) is 1.25. The van der Waals surface area contributed by atoms with E-state index in [2.05, 4.69) is 4.74 Å². The van der Waals surface area contributed by atoms with Crippen LogP contribution in [0, 0.1) is 0 Å². The number of hydrogen-bond acceptors (Lipinski definition) is 6. The van der Waals surface area contributed by atoms with Gasteiger partial charge in [0, 0.05) is 18.5 Å². The first-order chi connectivity index (χ1) is 12.4. The number of para-hydroxylation sites is 1. The summed E-state index contributed by atoms with van der Waals surface area (Å²) in [6, 6.07) is 7.55. The van der Waals surface area contributed by atoms with Crippen LogP contribution in [0.2, 0.25) is 0 Å². The van der Waals surface area contributed by atoms with Crippen LogP contribution in [0.25, 0.3) is 11.0 Å². The minimum Gasteiger partial charge on any atom is -0.468 e. The lowest BCUT2D eigenvalue weighted by Crippen LogP contribution is -2.58. The zero-order chi connectivity index (χ0) is 18.8. The van der Waals surface area contributed by atoms with Gasteiger partial charge >= 0.3 is 11.6 Å². The van der Waals surface area contributed by atoms with Gasteiger partial charge in [0.15, 0.2) is 0 Å². The number of amides is 2. The molecule has 26 heavy (non-hydrogen) atoms. The number of hydrogen-bond donors (Lipinski definition) is 0. The molecule has 8 nitrogen and oxygen atoms in total. The lowest BCUT2D eigenvalue weighted by Gasteiger charge is -2.38. The quantitative estimate of drug-likeness (QED) is 0.590. The maximum Gasteiger partial charge on any atom is 0.349 e. The molecule has 1 aliphatic heterocycles. The van der Waals surface area contributed by atoms with Gasteiger partial charge in [-0.1, -0.05) is 18.2 Å². The summed E-state index contributed by atoms with van der Waals surface area (Å²) in [5.41, 5.74) is -0.476. The molecule has 3 rings (SSSR count). The molecule has 1 aromatic carbocycles. The molecule has 0 N–H and O–H groups in total. The molecule has 2 aromatic rings. The van der Waals surface area contributed by atoms with E-state index in [1.54, 1.807) is 31.2 Å². The molecule has 0 spiro atoms. The van der Waals surface area contributed by atoms with E-state index >= 15 is 0 Å². The fourth-order valence-corrected chi connectivity index (χ4v) is 2.95. The van der Waals surface area contributed by atoms with Crippen LogP contribution in [0.15, 0.2) is 39.5 Å². The lowest BCUT2D eigenvalue weighted by molar-refractivity contribution is -0.150. The lowest BCUT2D eigenvalue weighted by atomic mass is 10.1. The SMILES string of the molecule is COC(=O)CN1CCN(C(=O)c2cc3ccccc3oc2=O)C(C)C1=O. The minimum atomic E-state index is -0.799. The fourth-order valence-electron chi connectivity index (χ4n) is 2.95. The number of piperazine rings is 1. The molecule has 0 radical (unpaired) electrons. The molecule has 1 unspecified atom stereocenters. The van der Waals surface area contributed by atoms with E-state index in [0.29, 0.717) is 11.0 Å². The number of esters is 1. The number of carbonyl (C=O) groups is 3. The molecule has 2 amide bonds. The maximum absolute atomic E-state index is 12.8. The van der Waals surface area contributed by atoms with Crippen molar-refractivity contribution >= 4 is 28.8 Å². The third kappa shape index (κ3) is 3.17. The van der Waals surface area contributed by atoms with Crippen molar-refractivity contribution in [1.82, 2.24) is 9.80 Å². The first kappa shape index (κ1) is 17.7. The van der Waals surface area contributed by atoms with Gasteiger partial charge in [-0.3, -0.25) is 14.4 Å². The molecule has 0 saturated carbocycles. The van der Waals surface area contributed by atoms with Crippen LogP contribution >= 0.6 is 0 Å². The largest absolute Gasteiger partial charge is 0.468 e. The van der Waals surface area contributed by atoms with Gasteiger partial charge in [0.1, 0.15) is 23.7 Å². The molecule has 1 fully saturated rings. The Bertz CT molecular complexity index is 935. The summed E-state index contributed by atoms with van der Waals surface area (Å²) in [6.07, 6.45) is 0. The monoisotopic (exact) mass is 358 g/mol. The van der Waals surface area contributed by atoms with E-state index in [1.165, 1.54) is 23.0 Å². The van der Waals surface area contributed by atoms with Crippen molar-refractivity contribution < 1.29 is 23.5 Å². The van der Waals surface area contributed by atoms with Gasteiger partial charge in [0.25, 0.3) is 5.91 Å². The average Bonchev–Trinajstić information content (AvgIpc) is 2.64. The third-order valence-electron chi connectivity index (χ3n) is 4.43. The molecular weight excluding hydrogens is 340 g/mol. The van der Waals surface area contributed by atoms with Crippen LogP contribution in [-0.2, 0) is 14.3 Å². The van der Waals surface area contributed by atoms with Crippen LogP contribution in [0.3, 0.4) is 0 Å². The van der Waals surface area contributed by atoms with E-state index in [0.717, 1.165) is 0 Å². The molecule has 0 aliphatic carbocycles. The van der Waals surface area contributed by atoms with Crippen LogP contribution in [0.1, 0.15) is 17.3 Å². The zero-order valence-electron chi connectivity index (χ0n) is 14.4. The summed E-state index contributed by atoms with van der Waals surface area (Å²) in [5, 5.41) is 0.624. The standard InChI is InChI=1S/C18H18N2O6/c1-11-16(22)19(10-15(21)25-2)7-8-20(11)17(23)13-9-12-5-3-4-6-14(12)26-18(13)24/h3-6,9,11H,7-8,10H2,1-2H3. The summed E-state index contributed by atoms with van der Waals surface area (Å²) in [4.78, 5) is 51.5. The molecule has 1 saturated heterocycles. The second kappa shape index (κ2) is 6.99. The van der Waals surface area contributed by atoms with Crippen molar-refractivity contribution in [3.63, 3.8) is 0 Å². The Labute approximate surface area is 148 Å². The molecular formula is C18H18N2O6. The second-order valence-electron chi connectivity index (χ2n) is 6.00. The Balaban J connectivity index is 1.85. The summed E-state index contributed by atoms with van der Waals surface area (Å²) < 4.78 is 9.77. The second-order valence-corrected chi connectivity index (χ2v) is 6.00. The van der Waals surface area contributed by atoms with Crippen molar-refractivity contribution in [2.24, 2.45) is 0 Å². The Morgan fingerprint density at radius 1 is 1.23 bits per heavy atom. The molecule has 1 aromatic heterocycles. The van der Waals surface area contributed by atoms with E-state index in [1.807, 2.05) is 0 Å². The van der Waals surface area contributed by atoms with Crippen molar-refractivity contribution in [3.8, 4) is 0 Å². The number of carbonyl (C=O) groups excluding carboxylic acids is 3. The van der Waals surface area contributed by atoms with Gasteiger partial charge in [-0.15, -0.1) is 0 Å². The fraction of sp³-hybridized carbons (Fsp3) is 0.333. The average molecular weight is 358 g/mol. The predicted octanol–water partition coefficient (Wildman–Crippen LogP) is 0.639. The normalized spacial score (nSPS) is 17.5. The van der Waals surface area contributed by atoms with Crippen LogP contribution in [0.5, 0.6) is 0 Å². The number of ether oxygens (including phenoxy) is 1. The number of rotatable bonds is 3. The number of benzene rings is 1. The Hall–Kier alpha value is -3.16. The molecule has 1 atom stereocenters. The number of nitrogens with zero attached hydrogens (tertiary/aromatic N) is 2. The number of methoxy groups -OCH3 is 1. The van der Waals surface area contributed by atoms with Gasteiger partial charge in [0.05, 0.1) is 7.11 Å². The third-order valence-corrected chi connectivity index (χ3v) is 4.43. The van der Waals surface area contributed by atoms with Crippen molar-refractivity contribution in [2.75, 3.05) is 26.7 Å². The van der Waals surface area contributed by atoms with Crippen molar-refractivity contribution in [2.45, 2.75) is 13.0 Å². The summed E-state index contributed by atoms with van der Waals surface area (Å²) in [5.74, 6) is -1.47. The van der Waals surface area contributed by atoms with E-state index < -0.39 is 23.5 Å². The molecule has 8 heteroatoms. The molecule has 0 bridgehead atoms. The highest BCUT2D eigenvalue weighted by Crippen LogP contribution is 2.17. The van der Waals surface area contributed by atoms with Gasteiger partial charge in [-0.2, -0.15) is 0 Å². The van der Waals surface area contributed by atoms with Gasteiger partial charge in [-0.05, 0) is 19.1 Å². The Morgan fingerprint density at radius 3 is 2.69 bits per heavy atom. The van der Waals surface area contributed by atoms with Gasteiger partial charge < -0.3 is 19.0 Å². The van der Waals surface area contributed by atoms with Crippen LogP contribution < -0.4 is 5.63 Å². The smallest absolute Gasteiger partial charge is 0.349 e. The van der Waals surface area contributed by atoms with Crippen molar-refractivity contribution in [1.29, 1.82) is 0 Å². The topological polar surface area (TPSA) is 97.1 Å². The summed E-state index contributed by atoms with van der Waals surface area (Å²) in [6.45, 7) is 1.78. The molecule has 2 heterocycles. The number of fused-ring (bicyclic) bond motifs is 1. The molecule has 1 aliphatic rings.